The fourth-order valence-electron chi connectivity index (χ4n) is 1.56. The molecule has 1 atom stereocenters. The summed E-state index contributed by atoms with van der Waals surface area (Å²) in [5, 5.41) is 3.78. The fraction of sp³-hybridized carbons (Fsp3) is 0.333. The summed E-state index contributed by atoms with van der Waals surface area (Å²) in [6, 6.07) is 8.63. The van der Waals surface area contributed by atoms with Gasteiger partial charge < -0.3 is 5.32 Å². The highest BCUT2D eigenvalue weighted by molar-refractivity contribution is 8.03. The van der Waals surface area contributed by atoms with E-state index in [9.17, 15) is 0 Å². The molecule has 0 bridgehead atoms. The number of allylic oxidation sites excluding steroid dienone is 2. The predicted molar refractivity (Wildman–Crippen MR) is 68.1 cm³/mol. The number of rotatable bonds is 2. The van der Waals surface area contributed by atoms with Gasteiger partial charge in [-0.25, -0.2) is 0 Å². The zero-order valence-corrected chi connectivity index (χ0v) is 10.5. The number of alkyl halides is 1. The standard InChI is InChI=1S/C12H14ClNS/c1-8-3-5-10(6-4-8)12-14-9(2)11(7-13)15-12/h3-6,12,14H,7H2,1-2H3. The lowest BCUT2D eigenvalue weighted by atomic mass is 10.1. The van der Waals surface area contributed by atoms with Gasteiger partial charge in [0.25, 0.3) is 0 Å². The molecule has 0 aromatic heterocycles. The van der Waals surface area contributed by atoms with Crippen LogP contribution < -0.4 is 5.32 Å². The molecule has 1 unspecified atom stereocenters. The van der Waals surface area contributed by atoms with Gasteiger partial charge in [-0.1, -0.05) is 41.6 Å². The van der Waals surface area contributed by atoms with Crippen molar-refractivity contribution in [2.45, 2.75) is 19.2 Å². The molecule has 1 nitrogen and oxygen atoms in total. The molecule has 2 rings (SSSR count). The third-order valence-corrected chi connectivity index (χ3v) is 4.31. The van der Waals surface area contributed by atoms with Crippen LogP contribution in [0.15, 0.2) is 34.9 Å². The van der Waals surface area contributed by atoms with Crippen LogP contribution in [0.5, 0.6) is 0 Å². The van der Waals surface area contributed by atoms with Crippen LogP contribution in [0.3, 0.4) is 0 Å². The SMILES string of the molecule is CC1=C(CCl)SC(c2ccc(C)cc2)N1. The molecule has 1 heterocycles. The van der Waals surface area contributed by atoms with E-state index in [0.717, 1.165) is 0 Å². The molecule has 1 aromatic carbocycles. The van der Waals surface area contributed by atoms with Crippen LogP contribution in [0.4, 0.5) is 0 Å². The summed E-state index contributed by atoms with van der Waals surface area (Å²) in [6.45, 7) is 4.19. The van der Waals surface area contributed by atoms with Crippen molar-refractivity contribution in [1.82, 2.24) is 5.32 Å². The number of hydrogen-bond acceptors (Lipinski definition) is 2. The van der Waals surface area contributed by atoms with Crippen LogP contribution in [0.2, 0.25) is 0 Å². The minimum absolute atomic E-state index is 0.333. The summed E-state index contributed by atoms with van der Waals surface area (Å²) in [5.74, 6) is 0.603. The number of thioether (sulfide) groups is 1. The maximum absolute atomic E-state index is 5.86. The van der Waals surface area contributed by atoms with Crippen LogP contribution in [0.1, 0.15) is 23.4 Å². The second kappa shape index (κ2) is 4.50. The van der Waals surface area contributed by atoms with Gasteiger partial charge in [-0.3, -0.25) is 0 Å². The van der Waals surface area contributed by atoms with E-state index in [2.05, 4.69) is 43.4 Å². The van der Waals surface area contributed by atoms with Gasteiger partial charge >= 0.3 is 0 Å². The van der Waals surface area contributed by atoms with Crippen LogP contribution in [-0.2, 0) is 0 Å². The van der Waals surface area contributed by atoms with Crippen molar-refractivity contribution in [2.75, 3.05) is 5.88 Å². The topological polar surface area (TPSA) is 12.0 Å². The van der Waals surface area contributed by atoms with Crippen LogP contribution in [-0.4, -0.2) is 5.88 Å². The van der Waals surface area contributed by atoms with Crippen molar-refractivity contribution < 1.29 is 0 Å². The van der Waals surface area contributed by atoms with Crippen LogP contribution in [0.25, 0.3) is 0 Å². The molecule has 1 aromatic rings. The van der Waals surface area contributed by atoms with Crippen molar-refractivity contribution in [1.29, 1.82) is 0 Å². The van der Waals surface area contributed by atoms with Gasteiger partial charge in [-0.05, 0) is 19.4 Å². The first-order valence-electron chi connectivity index (χ1n) is 4.96. The zero-order valence-electron chi connectivity index (χ0n) is 8.88. The van der Waals surface area contributed by atoms with Gasteiger partial charge in [0.2, 0.25) is 0 Å². The molecule has 0 saturated carbocycles. The Bertz CT molecular complexity index is 383. The summed E-state index contributed by atoms with van der Waals surface area (Å²) < 4.78 is 0. The highest BCUT2D eigenvalue weighted by Crippen LogP contribution is 2.40. The number of nitrogens with one attached hydrogen (secondary N) is 1. The molecule has 0 spiro atoms. The third kappa shape index (κ3) is 2.32. The molecule has 1 aliphatic rings. The monoisotopic (exact) mass is 239 g/mol. The summed E-state index contributed by atoms with van der Waals surface area (Å²) >= 11 is 7.68. The molecule has 3 heteroatoms. The molecule has 0 aliphatic carbocycles. The Hall–Kier alpha value is -0.600. The van der Waals surface area contributed by atoms with E-state index in [-0.39, 0.29) is 0 Å². The largest absolute Gasteiger partial charge is 0.372 e. The van der Waals surface area contributed by atoms with E-state index in [4.69, 9.17) is 11.6 Å². The van der Waals surface area contributed by atoms with Crippen LogP contribution in [0, 0.1) is 6.92 Å². The average molecular weight is 240 g/mol. The Morgan fingerprint density at radius 3 is 2.47 bits per heavy atom. The highest BCUT2D eigenvalue weighted by atomic mass is 35.5. The molecule has 1 N–H and O–H groups in total. The minimum Gasteiger partial charge on any atom is -0.372 e. The van der Waals surface area contributed by atoms with Gasteiger partial charge in [0.05, 0.1) is 5.88 Å². The molecule has 0 saturated heterocycles. The Morgan fingerprint density at radius 2 is 1.93 bits per heavy atom. The second-order valence-corrected chi connectivity index (χ2v) is 5.20. The predicted octanol–water partition coefficient (Wildman–Crippen LogP) is 3.80. The highest BCUT2D eigenvalue weighted by Gasteiger charge is 2.22. The first-order chi connectivity index (χ1) is 7.20. The lowest BCUT2D eigenvalue weighted by Crippen LogP contribution is -2.10. The molecular weight excluding hydrogens is 226 g/mol. The zero-order chi connectivity index (χ0) is 10.8. The maximum atomic E-state index is 5.86. The number of hydrogen-bond donors (Lipinski definition) is 1. The maximum Gasteiger partial charge on any atom is 0.102 e. The number of halogens is 1. The summed E-state index contributed by atoms with van der Waals surface area (Å²) in [6.07, 6.45) is 0. The third-order valence-electron chi connectivity index (χ3n) is 2.53. The normalized spacial score (nSPS) is 20.6. The van der Waals surface area contributed by atoms with Gasteiger partial charge in [0, 0.05) is 10.6 Å². The molecule has 0 fully saturated rings. The van der Waals surface area contributed by atoms with Crippen molar-refractivity contribution >= 4 is 23.4 Å². The van der Waals surface area contributed by atoms with E-state index in [0.29, 0.717) is 11.3 Å². The average Bonchev–Trinajstić information content (AvgIpc) is 2.61. The Balaban J connectivity index is 2.13. The number of aryl methyl sites for hydroxylation is 1. The van der Waals surface area contributed by atoms with Crippen molar-refractivity contribution in [2.24, 2.45) is 0 Å². The summed E-state index contributed by atoms with van der Waals surface area (Å²) in [5.41, 5.74) is 3.81. The molecule has 15 heavy (non-hydrogen) atoms. The molecule has 1 aliphatic heterocycles. The second-order valence-electron chi connectivity index (χ2n) is 3.73. The summed E-state index contributed by atoms with van der Waals surface area (Å²) in [4.78, 5) is 1.25. The lowest BCUT2D eigenvalue weighted by molar-refractivity contribution is 0.808. The van der Waals surface area contributed by atoms with E-state index in [1.54, 1.807) is 0 Å². The lowest BCUT2D eigenvalue weighted by Gasteiger charge is -2.11. The van der Waals surface area contributed by atoms with Crippen LogP contribution >= 0.6 is 23.4 Å². The Morgan fingerprint density at radius 1 is 1.27 bits per heavy atom. The molecular formula is C12H14ClNS. The van der Waals surface area contributed by atoms with Gasteiger partial charge in [0.15, 0.2) is 0 Å². The minimum atomic E-state index is 0.333. The fourth-order valence-corrected chi connectivity index (χ4v) is 3.06. The van der Waals surface area contributed by atoms with E-state index in [1.807, 2.05) is 11.8 Å². The van der Waals surface area contributed by atoms with Crippen molar-refractivity contribution in [3.63, 3.8) is 0 Å². The smallest absolute Gasteiger partial charge is 0.102 e. The summed E-state index contributed by atoms with van der Waals surface area (Å²) in [7, 11) is 0. The van der Waals surface area contributed by atoms with E-state index >= 15 is 0 Å². The first-order valence-corrected chi connectivity index (χ1v) is 6.37. The molecule has 80 valence electrons. The quantitative estimate of drug-likeness (QED) is 0.788. The van der Waals surface area contributed by atoms with E-state index in [1.165, 1.54) is 21.7 Å². The molecule has 0 amide bonds. The first kappa shape index (κ1) is 10.9. The van der Waals surface area contributed by atoms with Gasteiger partial charge in [0.1, 0.15) is 5.37 Å². The van der Waals surface area contributed by atoms with Gasteiger partial charge in [-0.2, -0.15) is 0 Å². The van der Waals surface area contributed by atoms with Crippen molar-refractivity contribution in [3.8, 4) is 0 Å². The number of benzene rings is 1. The van der Waals surface area contributed by atoms with Gasteiger partial charge in [-0.15, -0.1) is 11.6 Å². The van der Waals surface area contributed by atoms with Crippen molar-refractivity contribution in [3.05, 3.63) is 46.0 Å². The molecule has 0 radical (unpaired) electrons. The Kier molecular flexibility index (Phi) is 3.27. The Labute approximate surface area is 99.9 Å². The van der Waals surface area contributed by atoms with E-state index < -0.39 is 0 Å².